The standard InChI is InChI=1S/C35H56O8/c1-8-33(4,5)32(40)43-24-13-16-34(6)23(19-24)20-28(42-22(3)36)31-26-11-10-25(35(26,7)17-14-27(31)34)21(2)9-12-30(39)41-18-15-29(37)38/h21,23-28,31H,8-20H2,1-7H3,(H,37,38)/t21?,23?,24?,25?,26?,27?,28?,31?,34-,35+/m0/s1. The van der Waals surface area contributed by atoms with Gasteiger partial charge in [-0.05, 0) is 118 Å². The van der Waals surface area contributed by atoms with Gasteiger partial charge in [0, 0.05) is 19.3 Å². The van der Waals surface area contributed by atoms with Gasteiger partial charge < -0.3 is 19.3 Å². The Balaban J connectivity index is 1.47. The average molecular weight is 605 g/mol. The number of rotatable bonds is 11. The van der Waals surface area contributed by atoms with Crippen molar-refractivity contribution in [1.29, 1.82) is 0 Å². The molecule has 0 spiro atoms. The van der Waals surface area contributed by atoms with Crippen molar-refractivity contribution in [3.63, 3.8) is 0 Å². The van der Waals surface area contributed by atoms with Crippen LogP contribution in [0, 0.1) is 51.8 Å². The molecule has 0 aliphatic heterocycles. The minimum atomic E-state index is -0.968. The zero-order chi connectivity index (χ0) is 31.7. The highest BCUT2D eigenvalue weighted by molar-refractivity contribution is 5.76. The molecule has 0 saturated heterocycles. The van der Waals surface area contributed by atoms with Gasteiger partial charge in [0.25, 0.3) is 0 Å². The van der Waals surface area contributed by atoms with Crippen molar-refractivity contribution in [1.82, 2.24) is 0 Å². The first-order valence-electron chi connectivity index (χ1n) is 16.9. The third kappa shape index (κ3) is 6.93. The number of ether oxygens (including phenoxy) is 3. The molecule has 0 aromatic rings. The van der Waals surface area contributed by atoms with Gasteiger partial charge in [-0.15, -0.1) is 0 Å². The van der Waals surface area contributed by atoms with Gasteiger partial charge >= 0.3 is 23.9 Å². The largest absolute Gasteiger partial charge is 0.481 e. The maximum atomic E-state index is 12.9. The van der Waals surface area contributed by atoms with E-state index in [0.29, 0.717) is 41.9 Å². The zero-order valence-corrected chi connectivity index (χ0v) is 27.6. The Hall–Kier alpha value is -2.12. The second kappa shape index (κ2) is 13.1. The Kier molecular flexibility index (Phi) is 10.3. The molecule has 0 radical (unpaired) electrons. The first-order chi connectivity index (χ1) is 20.1. The molecule has 4 rings (SSSR count). The van der Waals surface area contributed by atoms with Gasteiger partial charge in [-0.25, -0.2) is 0 Å². The number of carboxylic acid groups (broad SMARTS) is 1. The van der Waals surface area contributed by atoms with Crippen LogP contribution in [0.15, 0.2) is 0 Å². The fourth-order valence-corrected chi connectivity index (χ4v) is 9.90. The number of carbonyl (C=O) groups is 4. The molecule has 4 aliphatic rings. The summed E-state index contributed by atoms with van der Waals surface area (Å²) < 4.78 is 17.4. The Labute approximate surface area is 258 Å². The van der Waals surface area contributed by atoms with Gasteiger partial charge in [-0.3, -0.25) is 19.2 Å². The Morgan fingerprint density at radius 2 is 1.60 bits per heavy atom. The van der Waals surface area contributed by atoms with Crippen molar-refractivity contribution >= 4 is 23.9 Å². The molecule has 0 aromatic heterocycles. The van der Waals surface area contributed by atoms with E-state index >= 15 is 0 Å². The quantitative estimate of drug-likeness (QED) is 0.199. The number of carbonyl (C=O) groups excluding carboxylic acids is 3. The van der Waals surface area contributed by atoms with E-state index in [4.69, 9.17) is 19.3 Å². The van der Waals surface area contributed by atoms with Crippen LogP contribution in [0.4, 0.5) is 0 Å². The maximum absolute atomic E-state index is 12.9. The van der Waals surface area contributed by atoms with Crippen LogP contribution >= 0.6 is 0 Å². The average Bonchev–Trinajstić information content (AvgIpc) is 3.29. The fraction of sp³-hybridized carbons (Fsp3) is 0.886. The topological polar surface area (TPSA) is 116 Å². The van der Waals surface area contributed by atoms with Crippen LogP contribution in [0.2, 0.25) is 0 Å². The maximum Gasteiger partial charge on any atom is 0.311 e. The molecule has 8 unspecified atom stereocenters. The van der Waals surface area contributed by atoms with Crippen LogP contribution in [-0.4, -0.2) is 47.8 Å². The first kappa shape index (κ1) is 33.8. The Morgan fingerprint density at radius 1 is 0.930 bits per heavy atom. The number of carboxylic acids is 1. The molecule has 8 nitrogen and oxygen atoms in total. The third-order valence-corrected chi connectivity index (χ3v) is 12.8. The lowest BCUT2D eigenvalue weighted by Crippen LogP contribution is -2.59. The molecule has 4 saturated carbocycles. The molecule has 4 fully saturated rings. The molecular weight excluding hydrogens is 548 g/mol. The van der Waals surface area contributed by atoms with Gasteiger partial charge in [0.05, 0.1) is 11.8 Å². The zero-order valence-electron chi connectivity index (χ0n) is 27.6. The summed E-state index contributed by atoms with van der Waals surface area (Å²) >= 11 is 0. The highest BCUT2D eigenvalue weighted by Gasteiger charge is 2.64. The fourth-order valence-electron chi connectivity index (χ4n) is 9.90. The summed E-state index contributed by atoms with van der Waals surface area (Å²) in [7, 11) is 0. The van der Waals surface area contributed by atoms with Crippen LogP contribution < -0.4 is 0 Å². The smallest absolute Gasteiger partial charge is 0.311 e. The van der Waals surface area contributed by atoms with E-state index in [0.717, 1.165) is 64.2 Å². The monoisotopic (exact) mass is 604 g/mol. The van der Waals surface area contributed by atoms with Crippen LogP contribution in [0.25, 0.3) is 0 Å². The summed E-state index contributed by atoms with van der Waals surface area (Å²) in [5.74, 6) is 0.804. The second-order valence-corrected chi connectivity index (χ2v) is 15.5. The summed E-state index contributed by atoms with van der Waals surface area (Å²) in [6.07, 6.45) is 9.47. The third-order valence-electron chi connectivity index (χ3n) is 12.8. The summed E-state index contributed by atoms with van der Waals surface area (Å²) in [6.45, 7) is 14.5. The van der Waals surface area contributed by atoms with Gasteiger partial charge in [0.15, 0.2) is 0 Å². The van der Waals surface area contributed by atoms with E-state index in [-0.39, 0.29) is 54.0 Å². The number of hydrogen-bond acceptors (Lipinski definition) is 7. The van der Waals surface area contributed by atoms with Crippen LogP contribution in [0.3, 0.4) is 0 Å². The predicted octanol–water partition coefficient (Wildman–Crippen LogP) is 6.97. The molecule has 43 heavy (non-hydrogen) atoms. The molecule has 244 valence electrons. The minimum Gasteiger partial charge on any atom is -0.481 e. The van der Waals surface area contributed by atoms with E-state index in [1.165, 1.54) is 6.92 Å². The number of esters is 3. The van der Waals surface area contributed by atoms with Crippen LogP contribution in [0.5, 0.6) is 0 Å². The number of aliphatic carboxylic acids is 1. The Morgan fingerprint density at radius 3 is 2.26 bits per heavy atom. The van der Waals surface area contributed by atoms with Gasteiger partial charge in [0.1, 0.15) is 18.8 Å². The second-order valence-electron chi connectivity index (χ2n) is 15.5. The Bertz CT molecular complexity index is 1050. The summed E-state index contributed by atoms with van der Waals surface area (Å²) in [6, 6.07) is 0. The van der Waals surface area contributed by atoms with Crippen molar-refractivity contribution in [2.45, 2.75) is 138 Å². The summed E-state index contributed by atoms with van der Waals surface area (Å²) in [4.78, 5) is 48.3. The van der Waals surface area contributed by atoms with Crippen molar-refractivity contribution in [3.05, 3.63) is 0 Å². The van der Waals surface area contributed by atoms with E-state index in [2.05, 4.69) is 20.8 Å². The molecular formula is C35H56O8. The highest BCUT2D eigenvalue weighted by Crippen LogP contribution is 2.69. The van der Waals surface area contributed by atoms with Crippen LogP contribution in [-0.2, 0) is 33.4 Å². The van der Waals surface area contributed by atoms with Crippen molar-refractivity contribution in [2.24, 2.45) is 51.8 Å². The highest BCUT2D eigenvalue weighted by atomic mass is 16.6. The van der Waals surface area contributed by atoms with Crippen molar-refractivity contribution in [3.8, 4) is 0 Å². The van der Waals surface area contributed by atoms with E-state index in [9.17, 15) is 19.2 Å². The molecule has 0 bridgehead atoms. The molecule has 4 aliphatic carbocycles. The van der Waals surface area contributed by atoms with Crippen molar-refractivity contribution in [2.75, 3.05) is 6.61 Å². The lowest BCUT2D eigenvalue weighted by Gasteiger charge is -2.62. The van der Waals surface area contributed by atoms with Gasteiger partial charge in [0.2, 0.25) is 0 Å². The predicted molar refractivity (Wildman–Crippen MR) is 162 cm³/mol. The van der Waals surface area contributed by atoms with E-state index in [1.807, 2.05) is 20.8 Å². The van der Waals surface area contributed by atoms with Crippen LogP contribution in [0.1, 0.15) is 126 Å². The van der Waals surface area contributed by atoms with E-state index in [1.54, 1.807) is 0 Å². The van der Waals surface area contributed by atoms with E-state index < -0.39 is 11.4 Å². The van der Waals surface area contributed by atoms with Gasteiger partial charge in [-0.2, -0.15) is 0 Å². The molecule has 0 amide bonds. The number of hydrogen-bond donors (Lipinski definition) is 1. The lowest BCUT2D eigenvalue weighted by atomic mass is 9.43. The normalized spacial score (nSPS) is 37.7. The number of fused-ring (bicyclic) bond motifs is 5. The molecule has 10 atom stereocenters. The molecule has 1 N–H and O–H groups in total. The first-order valence-corrected chi connectivity index (χ1v) is 16.9. The summed E-state index contributed by atoms with van der Waals surface area (Å²) in [5, 5.41) is 8.80. The lowest BCUT2D eigenvalue weighted by molar-refractivity contribution is -0.199. The minimum absolute atomic E-state index is 0.0766. The summed E-state index contributed by atoms with van der Waals surface area (Å²) in [5.41, 5.74) is -0.230. The molecule has 8 heteroatoms. The van der Waals surface area contributed by atoms with Gasteiger partial charge in [-0.1, -0.05) is 27.7 Å². The van der Waals surface area contributed by atoms with Crippen molar-refractivity contribution < 1.29 is 38.5 Å². The SMILES string of the molecule is CCC(C)(C)C(=O)OC1CC[C@@]2(C)C(C1)CC(OC(C)=O)C1C3CCC(C(C)CCC(=O)OCCC(=O)O)[C@@]3(C)CCC12. The molecule has 0 aromatic carbocycles. The molecule has 0 heterocycles.